The van der Waals surface area contributed by atoms with Crippen molar-refractivity contribution in [1.29, 1.82) is 0 Å². The first kappa shape index (κ1) is 40.3. The van der Waals surface area contributed by atoms with E-state index in [0.29, 0.717) is 5.69 Å². The average Bonchev–Trinajstić information content (AvgIpc) is 4.17. The summed E-state index contributed by atoms with van der Waals surface area (Å²) in [5.41, 5.74) is 18.9. The van der Waals surface area contributed by atoms with E-state index in [1.165, 1.54) is 64.5 Å². The van der Waals surface area contributed by atoms with Gasteiger partial charge in [-0.25, -0.2) is 4.85 Å². The molecule has 6 nitrogen and oxygen atoms in total. The molecule has 2 aliphatic rings. The number of para-hydroxylation sites is 4. The topological polar surface area (TPSA) is 44.9 Å². The zero-order valence-corrected chi connectivity index (χ0v) is 39.8. The normalized spacial score (nSPS) is 13.2. The van der Waals surface area contributed by atoms with E-state index in [4.69, 9.17) is 16.5 Å². The highest BCUT2D eigenvalue weighted by Gasteiger charge is 2.51. The summed E-state index contributed by atoms with van der Waals surface area (Å²) in [4.78, 5) is 16.4. The molecule has 0 N–H and O–H groups in total. The van der Waals surface area contributed by atoms with E-state index < -0.39 is 5.41 Å². The van der Waals surface area contributed by atoms with Gasteiger partial charge in [-0.3, -0.25) is 9.97 Å². The predicted octanol–water partition coefficient (Wildman–Crippen LogP) is 16.8. The van der Waals surface area contributed by atoms with Crippen LogP contribution in [-0.2, 0) is 5.41 Å². The lowest BCUT2D eigenvalue weighted by Gasteiger charge is -2.39. The van der Waals surface area contributed by atoms with E-state index in [1.807, 2.05) is 30.2 Å². The number of fused-ring (bicyclic) bond motifs is 18. The molecule has 5 aromatic heterocycles. The Labute approximate surface area is 423 Å². The summed E-state index contributed by atoms with van der Waals surface area (Å²) < 4.78 is 7.14. The molecule has 0 saturated carbocycles. The Hall–Kier alpha value is -9.48. The fourth-order valence-electron chi connectivity index (χ4n) is 12.6. The molecule has 0 radical (unpaired) electrons. The van der Waals surface area contributed by atoms with Crippen LogP contribution in [-0.4, -0.2) is 23.7 Å². The molecule has 0 saturated heterocycles. The third-order valence-electron chi connectivity index (χ3n) is 15.6. The molecule has 1 aliphatic carbocycles. The summed E-state index contributed by atoms with van der Waals surface area (Å²) in [7, 11) is 0. The number of hydrogen-bond donors (Lipinski definition) is 0. The third-order valence-corrected chi connectivity index (χ3v) is 16.7. The lowest BCUT2D eigenvalue weighted by molar-refractivity contribution is 0.718. The number of nitrogens with zero attached hydrogens (tertiary/aromatic N) is 6. The van der Waals surface area contributed by atoms with Crippen LogP contribution in [0.25, 0.3) is 110 Å². The maximum Gasteiger partial charge on any atom is 0.188 e. The highest BCUT2D eigenvalue weighted by atomic mass is 32.2. The van der Waals surface area contributed by atoms with E-state index in [1.54, 1.807) is 0 Å². The molecule has 1 spiro atoms. The Morgan fingerprint density at radius 1 is 0.356 bits per heavy atom. The summed E-state index contributed by atoms with van der Waals surface area (Å²) in [5, 5.41) is 7.09. The molecule has 6 heterocycles. The van der Waals surface area contributed by atoms with Gasteiger partial charge in [-0.2, -0.15) is 0 Å². The maximum absolute atomic E-state index is 8.03. The molecular formula is C66H38N6S. The summed E-state index contributed by atoms with van der Waals surface area (Å²) >= 11 is 1.84. The van der Waals surface area contributed by atoms with Crippen LogP contribution in [0.2, 0.25) is 0 Å². The molecule has 7 heteroatoms. The van der Waals surface area contributed by atoms with Gasteiger partial charge in [-0.05, 0) is 142 Å². The van der Waals surface area contributed by atoms with Crippen molar-refractivity contribution >= 4 is 82.9 Å². The largest absolute Gasteiger partial charge is 0.309 e. The highest BCUT2D eigenvalue weighted by Crippen LogP contribution is 2.62. The summed E-state index contributed by atoms with van der Waals surface area (Å²) in [6.45, 7) is 8.03. The third kappa shape index (κ3) is 5.47. The Morgan fingerprint density at radius 3 is 1.42 bits per heavy atom. The van der Waals surface area contributed by atoms with E-state index in [2.05, 4.69) is 231 Å². The van der Waals surface area contributed by atoms with Gasteiger partial charge in [0.1, 0.15) is 0 Å². The van der Waals surface area contributed by atoms with Crippen LogP contribution in [0, 0.1) is 6.57 Å². The molecule has 0 bridgehead atoms. The van der Waals surface area contributed by atoms with Crippen molar-refractivity contribution in [3.63, 3.8) is 0 Å². The molecule has 9 aromatic carbocycles. The lowest BCUT2D eigenvalue weighted by Crippen LogP contribution is -2.32. The van der Waals surface area contributed by atoms with Crippen molar-refractivity contribution in [2.24, 2.45) is 0 Å². The Morgan fingerprint density at radius 2 is 0.849 bits per heavy atom. The Bertz CT molecular complexity index is 4600. The zero-order valence-electron chi connectivity index (χ0n) is 39.0. The van der Waals surface area contributed by atoms with Gasteiger partial charge in [-0.15, -0.1) is 0 Å². The molecule has 1 aliphatic heterocycles. The van der Waals surface area contributed by atoms with E-state index in [-0.39, 0.29) is 0 Å². The number of benzene rings is 9. The standard InChI is InChI=1S/C66H38N6S/c1-67-42-27-31-61-51(37-42)50-35-40(26-30-60(50)71(61)44-14-10-13-43(38-44)70-56-21-6-2-15-46(56)47-16-3-7-22-57(47)70)41-25-29-52-63(36-41)73-62-32-28-45(72-58-23-8-4-17-48(58)49-18-5-9-24-59(49)72)39-55(62)66(52)53-19-11-33-68-64(53)65-54(66)20-12-34-69-65/h2-39H. The van der Waals surface area contributed by atoms with Gasteiger partial charge >= 0.3 is 0 Å². The van der Waals surface area contributed by atoms with Gasteiger partial charge in [0.15, 0.2) is 5.69 Å². The van der Waals surface area contributed by atoms with Crippen molar-refractivity contribution in [2.45, 2.75) is 15.2 Å². The molecule has 73 heavy (non-hydrogen) atoms. The van der Waals surface area contributed by atoms with E-state index >= 15 is 0 Å². The summed E-state index contributed by atoms with van der Waals surface area (Å²) in [5.74, 6) is 0. The van der Waals surface area contributed by atoms with Crippen molar-refractivity contribution < 1.29 is 0 Å². The lowest BCUT2D eigenvalue weighted by atomic mass is 9.67. The minimum atomic E-state index is -0.669. The fraction of sp³-hybridized carbons (Fsp3) is 0.0152. The molecule has 0 fully saturated rings. The first-order valence-corrected chi connectivity index (χ1v) is 25.4. The second kappa shape index (κ2) is 15.0. The van der Waals surface area contributed by atoms with Crippen LogP contribution in [0.3, 0.4) is 0 Å². The maximum atomic E-state index is 8.03. The molecule has 0 unspecified atom stereocenters. The first-order valence-electron chi connectivity index (χ1n) is 24.6. The van der Waals surface area contributed by atoms with E-state index in [0.717, 1.165) is 72.5 Å². The predicted molar refractivity (Wildman–Crippen MR) is 298 cm³/mol. The van der Waals surface area contributed by atoms with Gasteiger partial charge in [0.2, 0.25) is 0 Å². The van der Waals surface area contributed by atoms with Crippen LogP contribution in [0.5, 0.6) is 0 Å². The fourth-order valence-corrected chi connectivity index (χ4v) is 13.8. The molecule has 0 atom stereocenters. The first-order chi connectivity index (χ1) is 36.2. The highest BCUT2D eigenvalue weighted by molar-refractivity contribution is 7.99. The van der Waals surface area contributed by atoms with Gasteiger partial charge in [-0.1, -0.05) is 127 Å². The zero-order chi connectivity index (χ0) is 47.9. The molecular weight excluding hydrogens is 909 g/mol. The van der Waals surface area contributed by atoms with Crippen molar-refractivity contribution in [3.05, 3.63) is 264 Å². The van der Waals surface area contributed by atoms with Gasteiger partial charge in [0.05, 0.1) is 56.5 Å². The van der Waals surface area contributed by atoms with Gasteiger partial charge in [0, 0.05) is 66.2 Å². The molecule has 14 aromatic rings. The van der Waals surface area contributed by atoms with Crippen LogP contribution in [0.4, 0.5) is 5.69 Å². The number of aromatic nitrogens is 5. The van der Waals surface area contributed by atoms with Crippen LogP contribution < -0.4 is 0 Å². The quantitative estimate of drug-likeness (QED) is 0.165. The van der Waals surface area contributed by atoms with Crippen molar-refractivity contribution in [3.8, 4) is 39.6 Å². The molecule has 338 valence electrons. The monoisotopic (exact) mass is 946 g/mol. The smallest absolute Gasteiger partial charge is 0.188 e. The van der Waals surface area contributed by atoms with Crippen LogP contribution in [0.1, 0.15) is 22.3 Å². The second-order valence-corrected chi connectivity index (χ2v) is 20.3. The number of hydrogen-bond acceptors (Lipinski definition) is 3. The minimum absolute atomic E-state index is 0.618. The number of rotatable bonds is 4. The van der Waals surface area contributed by atoms with Crippen LogP contribution >= 0.6 is 11.8 Å². The molecule has 16 rings (SSSR count). The van der Waals surface area contributed by atoms with Gasteiger partial charge < -0.3 is 13.7 Å². The number of pyridine rings is 2. The van der Waals surface area contributed by atoms with Crippen molar-refractivity contribution in [1.82, 2.24) is 23.7 Å². The Balaban J connectivity index is 0.877. The van der Waals surface area contributed by atoms with E-state index in [9.17, 15) is 0 Å². The molecule has 0 amide bonds. The van der Waals surface area contributed by atoms with Crippen LogP contribution in [0.15, 0.2) is 241 Å². The second-order valence-electron chi connectivity index (χ2n) is 19.2. The SMILES string of the molecule is [C-]#[N+]c1ccc2c(c1)c1cc(-c3ccc4c(c3)Sc3ccc(-n5c6ccccc6c6ccccc65)cc3C43c4cccnc4-c4ncccc43)ccc1n2-c1cccc(-n2c3ccccc3c3ccccc32)c1. The van der Waals surface area contributed by atoms with Crippen molar-refractivity contribution in [2.75, 3.05) is 0 Å². The van der Waals surface area contributed by atoms with Gasteiger partial charge in [0.25, 0.3) is 0 Å². The Kier molecular flexibility index (Phi) is 8.28. The average molecular weight is 947 g/mol. The summed E-state index contributed by atoms with van der Waals surface area (Å²) in [6, 6.07) is 79.3. The summed E-state index contributed by atoms with van der Waals surface area (Å²) in [6.07, 6.45) is 3.79. The minimum Gasteiger partial charge on any atom is -0.309 e.